The summed E-state index contributed by atoms with van der Waals surface area (Å²) in [5, 5.41) is 13.3. The lowest BCUT2D eigenvalue weighted by molar-refractivity contribution is -0.132. The van der Waals surface area contributed by atoms with E-state index in [4.69, 9.17) is 4.74 Å². The molecule has 2 aromatic carbocycles. The van der Waals surface area contributed by atoms with E-state index in [1.54, 1.807) is 19.2 Å². The van der Waals surface area contributed by atoms with Crippen molar-refractivity contribution in [1.29, 1.82) is 0 Å². The Kier molecular flexibility index (Phi) is 5.89. The summed E-state index contributed by atoms with van der Waals surface area (Å²) in [6.07, 6.45) is 0. The number of aryl methyl sites for hydroxylation is 1. The van der Waals surface area contributed by atoms with Gasteiger partial charge in [0.15, 0.2) is 0 Å². The van der Waals surface area contributed by atoms with Gasteiger partial charge in [0, 0.05) is 21.7 Å². The van der Waals surface area contributed by atoms with Gasteiger partial charge in [-0.1, -0.05) is 45.0 Å². The van der Waals surface area contributed by atoms with Crippen LogP contribution < -0.4 is 9.64 Å². The summed E-state index contributed by atoms with van der Waals surface area (Å²) < 4.78 is 5.51. The van der Waals surface area contributed by atoms with E-state index in [9.17, 15) is 14.7 Å². The maximum atomic E-state index is 13.3. The number of methoxy groups -OCH3 is 1. The smallest absolute Gasteiger partial charge is 0.300 e. The zero-order chi connectivity index (χ0) is 23.9. The molecule has 1 atom stereocenters. The fourth-order valence-electron chi connectivity index (χ4n) is 4.23. The molecule has 1 aromatic heterocycles. The molecular weight excluding hydrogens is 434 g/mol. The van der Waals surface area contributed by atoms with E-state index in [2.05, 4.69) is 20.8 Å². The Morgan fingerprint density at radius 1 is 1.06 bits per heavy atom. The molecule has 2 heterocycles. The molecule has 1 N–H and O–H groups in total. The molecule has 0 bridgehead atoms. The summed E-state index contributed by atoms with van der Waals surface area (Å²) in [5.41, 5.74) is 2.75. The van der Waals surface area contributed by atoms with Crippen LogP contribution in [0.25, 0.3) is 5.76 Å². The lowest BCUT2D eigenvalue weighted by Crippen LogP contribution is -2.29. The van der Waals surface area contributed by atoms with Gasteiger partial charge in [0.1, 0.15) is 17.6 Å². The molecule has 1 aliphatic heterocycles. The molecule has 0 aliphatic carbocycles. The van der Waals surface area contributed by atoms with E-state index in [-0.39, 0.29) is 16.7 Å². The standard InChI is InChI=1S/C27H27NO4S/c1-16-9-6-7-10-19(16)28-23(21-11-8-14-33-21)22(25(30)26(28)31)24(29)17-12-13-20(32-5)18(15-17)27(2,3)4/h6-15,23,29H,1-5H3/b24-22-. The van der Waals surface area contributed by atoms with Gasteiger partial charge in [0.25, 0.3) is 11.7 Å². The second-order valence-electron chi connectivity index (χ2n) is 9.14. The lowest BCUT2D eigenvalue weighted by Gasteiger charge is -2.26. The Bertz CT molecular complexity index is 1250. The average molecular weight is 462 g/mol. The Morgan fingerprint density at radius 2 is 1.79 bits per heavy atom. The largest absolute Gasteiger partial charge is 0.507 e. The van der Waals surface area contributed by atoms with Gasteiger partial charge >= 0.3 is 0 Å². The quantitative estimate of drug-likeness (QED) is 0.294. The van der Waals surface area contributed by atoms with Gasteiger partial charge in [-0.2, -0.15) is 0 Å². The second-order valence-corrected chi connectivity index (χ2v) is 10.1. The van der Waals surface area contributed by atoms with E-state index < -0.39 is 17.7 Å². The van der Waals surface area contributed by atoms with Crippen molar-refractivity contribution < 1.29 is 19.4 Å². The SMILES string of the molecule is COc1ccc(/C(O)=C2/C(=O)C(=O)N(c3ccccc3C)C2c2cccs2)cc1C(C)(C)C. The fourth-order valence-corrected chi connectivity index (χ4v) is 5.05. The van der Waals surface area contributed by atoms with Crippen molar-refractivity contribution in [2.45, 2.75) is 39.2 Å². The van der Waals surface area contributed by atoms with E-state index >= 15 is 0 Å². The van der Waals surface area contributed by atoms with Crippen LogP contribution in [-0.4, -0.2) is 23.9 Å². The van der Waals surface area contributed by atoms with Crippen LogP contribution in [0.3, 0.4) is 0 Å². The zero-order valence-electron chi connectivity index (χ0n) is 19.4. The first-order valence-electron chi connectivity index (χ1n) is 10.7. The van der Waals surface area contributed by atoms with Gasteiger partial charge in [-0.3, -0.25) is 14.5 Å². The fraction of sp³-hybridized carbons (Fsp3) is 0.259. The molecule has 1 unspecified atom stereocenters. The molecule has 3 aromatic rings. The number of aliphatic hydroxyl groups excluding tert-OH is 1. The van der Waals surface area contributed by atoms with Gasteiger partial charge in [-0.25, -0.2) is 0 Å². The van der Waals surface area contributed by atoms with Crippen LogP contribution >= 0.6 is 11.3 Å². The van der Waals surface area contributed by atoms with Crippen LogP contribution in [0.2, 0.25) is 0 Å². The number of anilines is 1. The van der Waals surface area contributed by atoms with Crippen LogP contribution in [0.5, 0.6) is 5.75 Å². The highest BCUT2D eigenvalue weighted by atomic mass is 32.1. The Labute approximate surface area is 197 Å². The minimum Gasteiger partial charge on any atom is -0.507 e. The third-order valence-corrected chi connectivity index (χ3v) is 6.84. The maximum absolute atomic E-state index is 13.3. The molecule has 5 nitrogen and oxygen atoms in total. The molecule has 1 amide bonds. The van der Waals surface area contributed by atoms with E-state index in [1.165, 1.54) is 16.2 Å². The predicted molar refractivity (Wildman–Crippen MR) is 132 cm³/mol. The van der Waals surface area contributed by atoms with Crippen molar-refractivity contribution in [1.82, 2.24) is 0 Å². The number of hydrogen-bond acceptors (Lipinski definition) is 5. The Hall–Kier alpha value is -3.38. The first-order chi connectivity index (χ1) is 15.6. The van der Waals surface area contributed by atoms with Crippen molar-refractivity contribution in [2.24, 2.45) is 0 Å². The van der Waals surface area contributed by atoms with Crippen LogP contribution in [0.15, 0.2) is 65.6 Å². The Balaban J connectivity index is 1.95. The number of carbonyl (C=O) groups is 2. The van der Waals surface area contributed by atoms with Gasteiger partial charge in [0.05, 0.1) is 12.7 Å². The maximum Gasteiger partial charge on any atom is 0.300 e. The normalized spacial score (nSPS) is 18.1. The number of rotatable bonds is 4. The van der Waals surface area contributed by atoms with E-state index in [0.717, 1.165) is 16.0 Å². The molecule has 6 heteroatoms. The molecule has 1 saturated heterocycles. The molecule has 4 rings (SSSR count). The number of aliphatic hydroxyl groups is 1. The highest BCUT2D eigenvalue weighted by Gasteiger charge is 2.47. The third kappa shape index (κ3) is 3.95. The number of ether oxygens (including phenoxy) is 1. The first kappa shape index (κ1) is 22.8. The number of Topliss-reactive ketones (excluding diaryl/α,β-unsaturated/α-hetero) is 1. The number of thiophene rings is 1. The highest BCUT2D eigenvalue weighted by Crippen LogP contribution is 2.45. The monoisotopic (exact) mass is 461 g/mol. The van der Waals surface area contributed by atoms with Crippen molar-refractivity contribution >= 4 is 34.5 Å². The number of nitrogens with zero attached hydrogens (tertiary/aromatic N) is 1. The predicted octanol–water partition coefficient (Wildman–Crippen LogP) is 5.99. The van der Waals surface area contributed by atoms with Gasteiger partial charge in [0.2, 0.25) is 0 Å². The first-order valence-corrected chi connectivity index (χ1v) is 11.6. The van der Waals surface area contributed by atoms with Gasteiger partial charge in [-0.15, -0.1) is 11.3 Å². The molecular formula is C27H27NO4S. The van der Waals surface area contributed by atoms with Crippen LogP contribution in [0.1, 0.15) is 48.4 Å². The van der Waals surface area contributed by atoms with Crippen molar-refractivity contribution in [3.8, 4) is 5.75 Å². The third-order valence-electron chi connectivity index (χ3n) is 5.91. The van der Waals surface area contributed by atoms with Gasteiger partial charge in [-0.05, 0) is 53.6 Å². The summed E-state index contributed by atoms with van der Waals surface area (Å²) in [5.74, 6) is -0.818. The number of carbonyl (C=O) groups excluding carboxylic acids is 2. The van der Waals surface area contributed by atoms with Crippen molar-refractivity contribution in [3.05, 3.63) is 87.1 Å². The van der Waals surface area contributed by atoms with Gasteiger partial charge < -0.3 is 9.84 Å². The summed E-state index contributed by atoms with van der Waals surface area (Å²) >= 11 is 1.45. The Morgan fingerprint density at radius 3 is 2.39 bits per heavy atom. The van der Waals surface area contributed by atoms with Crippen LogP contribution in [0.4, 0.5) is 5.69 Å². The lowest BCUT2D eigenvalue weighted by atomic mass is 9.84. The zero-order valence-corrected chi connectivity index (χ0v) is 20.2. The van der Waals surface area contributed by atoms with E-state index in [1.807, 2.05) is 54.8 Å². The number of para-hydroxylation sites is 1. The summed E-state index contributed by atoms with van der Waals surface area (Å²) in [7, 11) is 1.61. The number of ketones is 1. The molecule has 1 aliphatic rings. The second kappa shape index (κ2) is 8.52. The van der Waals surface area contributed by atoms with Crippen LogP contribution in [-0.2, 0) is 15.0 Å². The minimum atomic E-state index is -0.703. The number of hydrogen-bond donors (Lipinski definition) is 1. The molecule has 0 saturated carbocycles. The number of amides is 1. The summed E-state index contributed by atoms with van der Waals surface area (Å²) in [4.78, 5) is 28.9. The molecule has 1 fully saturated rings. The molecule has 0 radical (unpaired) electrons. The summed E-state index contributed by atoms with van der Waals surface area (Å²) in [6.45, 7) is 8.06. The minimum absolute atomic E-state index is 0.0933. The molecule has 0 spiro atoms. The van der Waals surface area contributed by atoms with Crippen LogP contribution in [0, 0.1) is 6.92 Å². The van der Waals surface area contributed by atoms with E-state index in [0.29, 0.717) is 17.0 Å². The van der Waals surface area contributed by atoms with Crippen molar-refractivity contribution in [3.63, 3.8) is 0 Å². The van der Waals surface area contributed by atoms with Crippen molar-refractivity contribution in [2.75, 3.05) is 12.0 Å². The highest BCUT2D eigenvalue weighted by molar-refractivity contribution is 7.10. The number of benzene rings is 2. The molecule has 33 heavy (non-hydrogen) atoms. The summed E-state index contributed by atoms with van der Waals surface area (Å²) in [6, 6.07) is 15.9. The topological polar surface area (TPSA) is 66.8 Å². The molecule has 170 valence electrons. The average Bonchev–Trinajstić information content (AvgIpc) is 3.40.